The number of ether oxygens (including phenoxy) is 2. The maximum atomic E-state index is 12.7. The first-order chi connectivity index (χ1) is 12.2. The standard InChI is InChI=1S/C20H24N2O3/c1-24-18-11-10-15(14-19(18)25-2)20(23)21-16-8-4-5-9-17(16)22-12-6-3-7-13-22/h4-5,8-11,14H,3,6-7,12-13H2,1-2H3,(H,21,23). The van der Waals surface area contributed by atoms with Gasteiger partial charge in [0.15, 0.2) is 11.5 Å². The van der Waals surface area contributed by atoms with Gasteiger partial charge in [0.05, 0.1) is 25.6 Å². The molecule has 0 bridgehead atoms. The van der Waals surface area contributed by atoms with Crippen molar-refractivity contribution in [2.75, 3.05) is 37.5 Å². The molecule has 1 aliphatic heterocycles. The van der Waals surface area contributed by atoms with Gasteiger partial charge in [-0.3, -0.25) is 4.79 Å². The topological polar surface area (TPSA) is 50.8 Å². The zero-order valence-electron chi connectivity index (χ0n) is 14.7. The number of methoxy groups -OCH3 is 2. The van der Waals surface area contributed by atoms with Crippen LogP contribution in [0.1, 0.15) is 29.6 Å². The van der Waals surface area contributed by atoms with Crippen LogP contribution in [-0.4, -0.2) is 33.2 Å². The fourth-order valence-corrected chi connectivity index (χ4v) is 3.16. The van der Waals surface area contributed by atoms with Crippen LogP contribution in [0.5, 0.6) is 11.5 Å². The van der Waals surface area contributed by atoms with Crippen molar-refractivity contribution >= 4 is 17.3 Å². The maximum absolute atomic E-state index is 12.7. The number of para-hydroxylation sites is 2. The molecule has 1 amide bonds. The van der Waals surface area contributed by atoms with E-state index in [1.807, 2.05) is 18.2 Å². The second-order valence-electron chi connectivity index (χ2n) is 6.09. The molecule has 1 saturated heterocycles. The van der Waals surface area contributed by atoms with Gasteiger partial charge in [0.1, 0.15) is 0 Å². The number of piperidine rings is 1. The van der Waals surface area contributed by atoms with Crippen LogP contribution in [0.2, 0.25) is 0 Å². The summed E-state index contributed by atoms with van der Waals surface area (Å²) < 4.78 is 10.5. The minimum atomic E-state index is -0.162. The van der Waals surface area contributed by atoms with Crippen LogP contribution in [0.3, 0.4) is 0 Å². The van der Waals surface area contributed by atoms with E-state index in [4.69, 9.17) is 9.47 Å². The van der Waals surface area contributed by atoms with Gasteiger partial charge in [-0.05, 0) is 49.6 Å². The second-order valence-corrected chi connectivity index (χ2v) is 6.09. The third kappa shape index (κ3) is 3.87. The van der Waals surface area contributed by atoms with Crippen molar-refractivity contribution < 1.29 is 14.3 Å². The van der Waals surface area contributed by atoms with Crippen molar-refractivity contribution in [3.8, 4) is 11.5 Å². The van der Waals surface area contributed by atoms with E-state index in [-0.39, 0.29) is 5.91 Å². The number of anilines is 2. The Bertz CT molecular complexity index is 739. The van der Waals surface area contributed by atoms with E-state index in [0.29, 0.717) is 17.1 Å². The number of nitrogens with zero attached hydrogens (tertiary/aromatic N) is 1. The summed E-state index contributed by atoms with van der Waals surface area (Å²) in [7, 11) is 3.14. The number of hydrogen-bond donors (Lipinski definition) is 1. The molecular formula is C20H24N2O3. The molecule has 1 heterocycles. The lowest BCUT2D eigenvalue weighted by Crippen LogP contribution is -2.30. The van der Waals surface area contributed by atoms with Crippen molar-refractivity contribution in [2.45, 2.75) is 19.3 Å². The van der Waals surface area contributed by atoms with Crippen molar-refractivity contribution in [2.24, 2.45) is 0 Å². The number of carbonyl (C=O) groups excluding carboxylic acids is 1. The summed E-state index contributed by atoms with van der Waals surface area (Å²) in [6, 6.07) is 13.1. The molecule has 0 atom stereocenters. The molecule has 132 valence electrons. The van der Waals surface area contributed by atoms with Crippen molar-refractivity contribution in [3.63, 3.8) is 0 Å². The van der Waals surface area contributed by atoms with E-state index >= 15 is 0 Å². The molecule has 25 heavy (non-hydrogen) atoms. The Morgan fingerprint density at radius 3 is 2.40 bits per heavy atom. The molecule has 2 aromatic carbocycles. The Labute approximate surface area is 148 Å². The first-order valence-electron chi connectivity index (χ1n) is 8.60. The van der Waals surface area contributed by atoms with Crippen LogP contribution in [0.15, 0.2) is 42.5 Å². The van der Waals surface area contributed by atoms with Crippen LogP contribution in [-0.2, 0) is 0 Å². The molecule has 1 aliphatic rings. The SMILES string of the molecule is COc1ccc(C(=O)Nc2ccccc2N2CCCCC2)cc1OC. The van der Waals surface area contributed by atoms with Gasteiger partial charge in [-0.2, -0.15) is 0 Å². The van der Waals surface area contributed by atoms with E-state index < -0.39 is 0 Å². The number of benzene rings is 2. The largest absolute Gasteiger partial charge is 0.493 e. The smallest absolute Gasteiger partial charge is 0.255 e. The number of carbonyl (C=O) groups is 1. The van der Waals surface area contributed by atoms with Crippen LogP contribution < -0.4 is 19.7 Å². The highest BCUT2D eigenvalue weighted by Gasteiger charge is 2.17. The summed E-state index contributed by atoms with van der Waals surface area (Å²) in [4.78, 5) is 15.0. The summed E-state index contributed by atoms with van der Waals surface area (Å²) in [5.74, 6) is 0.984. The predicted octanol–water partition coefficient (Wildman–Crippen LogP) is 3.95. The van der Waals surface area contributed by atoms with Gasteiger partial charge in [0.2, 0.25) is 0 Å². The first-order valence-corrected chi connectivity index (χ1v) is 8.60. The minimum absolute atomic E-state index is 0.162. The highest BCUT2D eigenvalue weighted by molar-refractivity contribution is 6.06. The Morgan fingerprint density at radius 2 is 1.68 bits per heavy atom. The van der Waals surface area contributed by atoms with Gasteiger partial charge in [-0.15, -0.1) is 0 Å². The van der Waals surface area contributed by atoms with E-state index in [2.05, 4.69) is 16.3 Å². The quantitative estimate of drug-likeness (QED) is 0.895. The normalized spacial score (nSPS) is 14.1. The third-order valence-electron chi connectivity index (χ3n) is 4.49. The zero-order chi connectivity index (χ0) is 17.6. The molecule has 5 heteroatoms. The van der Waals surface area contributed by atoms with Crippen LogP contribution in [0, 0.1) is 0 Å². The molecule has 0 spiro atoms. The van der Waals surface area contributed by atoms with Crippen LogP contribution in [0.25, 0.3) is 0 Å². The van der Waals surface area contributed by atoms with Crippen molar-refractivity contribution in [3.05, 3.63) is 48.0 Å². The highest BCUT2D eigenvalue weighted by atomic mass is 16.5. The Kier molecular flexibility index (Phi) is 5.43. The number of rotatable bonds is 5. The molecule has 1 fully saturated rings. The lowest BCUT2D eigenvalue weighted by Gasteiger charge is -2.30. The molecule has 2 aromatic rings. The molecule has 0 unspecified atom stereocenters. The van der Waals surface area contributed by atoms with Gasteiger partial charge in [-0.1, -0.05) is 12.1 Å². The molecular weight excluding hydrogens is 316 g/mol. The summed E-state index contributed by atoms with van der Waals surface area (Å²) in [6.45, 7) is 2.06. The van der Waals surface area contributed by atoms with E-state index in [1.54, 1.807) is 32.4 Å². The molecule has 5 nitrogen and oxygen atoms in total. The highest BCUT2D eigenvalue weighted by Crippen LogP contribution is 2.30. The number of amides is 1. The lowest BCUT2D eigenvalue weighted by molar-refractivity contribution is 0.102. The first kappa shape index (κ1) is 17.1. The lowest BCUT2D eigenvalue weighted by atomic mass is 10.1. The Morgan fingerprint density at radius 1 is 0.960 bits per heavy atom. The van der Waals surface area contributed by atoms with Crippen molar-refractivity contribution in [1.82, 2.24) is 0 Å². The summed E-state index contributed by atoms with van der Waals surface area (Å²) in [5, 5.41) is 3.04. The predicted molar refractivity (Wildman–Crippen MR) is 100 cm³/mol. The van der Waals surface area contributed by atoms with Gasteiger partial charge in [-0.25, -0.2) is 0 Å². The van der Waals surface area contributed by atoms with Gasteiger partial charge in [0, 0.05) is 18.7 Å². The van der Waals surface area contributed by atoms with Gasteiger partial charge < -0.3 is 19.7 Å². The van der Waals surface area contributed by atoms with E-state index in [9.17, 15) is 4.79 Å². The van der Waals surface area contributed by atoms with Crippen LogP contribution >= 0.6 is 0 Å². The maximum Gasteiger partial charge on any atom is 0.255 e. The van der Waals surface area contributed by atoms with Gasteiger partial charge in [0.25, 0.3) is 5.91 Å². The number of hydrogen-bond acceptors (Lipinski definition) is 4. The molecule has 3 rings (SSSR count). The van der Waals surface area contributed by atoms with E-state index in [1.165, 1.54) is 19.3 Å². The average molecular weight is 340 g/mol. The number of nitrogens with one attached hydrogen (secondary N) is 1. The molecule has 0 aliphatic carbocycles. The zero-order valence-corrected chi connectivity index (χ0v) is 14.7. The summed E-state index contributed by atoms with van der Waals surface area (Å²) in [5.41, 5.74) is 2.45. The molecule has 0 saturated carbocycles. The summed E-state index contributed by atoms with van der Waals surface area (Å²) >= 11 is 0. The molecule has 1 N–H and O–H groups in total. The Balaban J connectivity index is 1.81. The average Bonchev–Trinajstić information content (AvgIpc) is 2.68. The van der Waals surface area contributed by atoms with Crippen LogP contribution in [0.4, 0.5) is 11.4 Å². The molecule has 0 radical (unpaired) electrons. The minimum Gasteiger partial charge on any atom is -0.493 e. The monoisotopic (exact) mass is 340 g/mol. The Hall–Kier alpha value is -2.69. The molecule has 0 aromatic heterocycles. The fraction of sp³-hybridized carbons (Fsp3) is 0.350. The fourth-order valence-electron chi connectivity index (χ4n) is 3.16. The van der Waals surface area contributed by atoms with Crippen molar-refractivity contribution in [1.29, 1.82) is 0 Å². The van der Waals surface area contributed by atoms with E-state index in [0.717, 1.165) is 24.5 Å². The third-order valence-corrected chi connectivity index (χ3v) is 4.49. The summed E-state index contributed by atoms with van der Waals surface area (Å²) in [6.07, 6.45) is 3.66. The second kappa shape index (κ2) is 7.92. The van der Waals surface area contributed by atoms with Gasteiger partial charge >= 0.3 is 0 Å².